The molecule has 0 bridgehead atoms. The number of ether oxygens (including phenoxy) is 2. The predicted octanol–water partition coefficient (Wildman–Crippen LogP) is 8.12. The van der Waals surface area contributed by atoms with Crippen LogP contribution in [0.25, 0.3) is 33.0 Å². The van der Waals surface area contributed by atoms with Crippen LogP contribution in [0.1, 0.15) is 60.2 Å². The number of hydrogen-bond acceptors (Lipinski definition) is 6. The first-order chi connectivity index (χ1) is 25.0. The summed E-state index contributed by atoms with van der Waals surface area (Å²) in [5, 5.41) is 1.81. The Morgan fingerprint density at radius 2 is 1.17 bits per heavy atom. The molecular weight excluding hydrogens is 652 g/mol. The van der Waals surface area contributed by atoms with Crippen molar-refractivity contribution in [3.05, 3.63) is 121 Å². The Morgan fingerprint density at radius 1 is 0.654 bits per heavy atom. The number of piperidine rings is 2. The maximum atomic E-state index is 13.9. The Labute approximate surface area is 305 Å². The number of rotatable bonds is 10. The Bertz CT molecular complexity index is 2020. The third-order valence-electron chi connectivity index (χ3n) is 10.4. The highest BCUT2D eigenvalue weighted by Crippen LogP contribution is 2.35. The van der Waals surface area contributed by atoms with Crippen LogP contribution in [0.3, 0.4) is 0 Å². The lowest BCUT2D eigenvalue weighted by Crippen LogP contribution is -2.49. The number of hydrogen-bond donors (Lipinski definition) is 0. The first-order valence-corrected chi connectivity index (χ1v) is 17.9. The van der Waals surface area contributed by atoms with Crippen LogP contribution in [0.4, 0.5) is 0 Å². The van der Waals surface area contributed by atoms with Gasteiger partial charge in [0.05, 0.1) is 10.8 Å². The monoisotopic (exact) mass is 698 g/mol. The van der Waals surface area contributed by atoms with Crippen LogP contribution in [-0.2, 0) is 19.1 Å². The van der Waals surface area contributed by atoms with Crippen LogP contribution in [0.2, 0.25) is 0 Å². The lowest BCUT2D eigenvalue weighted by molar-refractivity contribution is -0.157. The summed E-state index contributed by atoms with van der Waals surface area (Å²) in [6, 6.07) is 27.7. The van der Waals surface area contributed by atoms with Gasteiger partial charge in [0.25, 0.3) is 11.8 Å². The van der Waals surface area contributed by atoms with E-state index in [1.807, 2.05) is 80.6 Å². The average molecular weight is 699 g/mol. The first-order valence-electron chi connectivity index (χ1n) is 17.9. The van der Waals surface area contributed by atoms with Crippen molar-refractivity contribution >= 4 is 34.5 Å². The molecule has 52 heavy (non-hydrogen) atoms. The van der Waals surface area contributed by atoms with Gasteiger partial charge >= 0.3 is 11.9 Å². The summed E-state index contributed by atoms with van der Waals surface area (Å²) in [6.07, 6.45) is 5.90. The van der Waals surface area contributed by atoms with Crippen molar-refractivity contribution < 1.29 is 28.7 Å². The van der Waals surface area contributed by atoms with E-state index in [2.05, 4.69) is 31.4 Å². The molecule has 8 nitrogen and oxygen atoms in total. The fraction of sp³-hybridized carbons (Fsp3) is 0.318. The molecular formula is C44H46N2O6. The van der Waals surface area contributed by atoms with Crippen LogP contribution in [-0.4, -0.2) is 72.9 Å². The molecule has 0 spiro atoms. The van der Waals surface area contributed by atoms with E-state index >= 15 is 0 Å². The Morgan fingerprint density at radius 3 is 1.77 bits per heavy atom. The summed E-state index contributed by atoms with van der Waals surface area (Å²) >= 11 is 0. The number of fused-ring (bicyclic) bond motifs is 1. The minimum atomic E-state index is -0.756. The molecule has 2 atom stereocenters. The number of likely N-dealkylation sites (tertiary alicyclic amines) is 2. The summed E-state index contributed by atoms with van der Waals surface area (Å²) in [6.45, 7) is 13.1. The third kappa shape index (κ3) is 7.57. The third-order valence-corrected chi connectivity index (χ3v) is 10.4. The highest BCUT2D eigenvalue weighted by atomic mass is 16.5. The minimum Gasteiger partial charge on any atom is -0.461 e. The molecule has 2 heterocycles. The number of amides is 2. The van der Waals surface area contributed by atoms with Gasteiger partial charge in [0.2, 0.25) is 0 Å². The predicted molar refractivity (Wildman–Crippen MR) is 204 cm³/mol. The highest BCUT2D eigenvalue weighted by Gasteiger charge is 2.42. The van der Waals surface area contributed by atoms with E-state index in [1.54, 1.807) is 22.0 Å². The molecule has 0 aromatic heterocycles. The van der Waals surface area contributed by atoms with Gasteiger partial charge in [0, 0.05) is 37.3 Å². The van der Waals surface area contributed by atoms with E-state index in [0.717, 1.165) is 45.9 Å². The second kappa shape index (κ2) is 15.4. The molecule has 2 fully saturated rings. The topological polar surface area (TPSA) is 93.2 Å². The molecule has 4 aromatic rings. The van der Waals surface area contributed by atoms with Crippen LogP contribution in [0.5, 0.6) is 0 Å². The van der Waals surface area contributed by atoms with Crippen molar-refractivity contribution in [2.24, 2.45) is 10.8 Å². The standard InChI is InChI=1S/C44H46N2O6/c1-5-25-51-41(49)43(3)21-9-23-45(29-43)39(47)32-17-15-31(16-18-32)33-11-7-12-34(27-33)35-19-20-37-36(28-35)13-8-14-38(37)40(48)46-24-10-22-44(4,30-46)42(50)52-26-6-2/h5-8,11-20,27-28H,1-2,9-10,21-26,29-30H2,3-4H3. The summed E-state index contributed by atoms with van der Waals surface area (Å²) in [7, 11) is 0. The van der Waals surface area contributed by atoms with Crippen LogP contribution < -0.4 is 0 Å². The normalized spacial score (nSPS) is 20.2. The zero-order valence-electron chi connectivity index (χ0n) is 30.1. The van der Waals surface area contributed by atoms with Crippen molar-refractivity contribution in [3.8, 4) is 22.3 Å². The second-order valence-corrected chi connectivity index (χ2v) is 14.5. The second-order valence-electron chi connectivity index (χ2n) is 14.5. The summed E-state index contributed by atoms with van der Waals surface area (Å²) in [5.74, 6) is -0.794. The number of carbonyl (C=O) groups is 4. The summed E-state index contributed by atoms with van der Waals surface area (Å²) in [5.41, 5.74) is 3.71. The number of carbonyl (C=O) groups excluding carboxylic acids is 4. The molecule has 2 unspecified atom stereocenters. The van der Waals surface area contributed by atoms with Crippen LogP contribution in [0.15, 0.2) is 110 Å². The van der Waals surface area contributed by atoms with Gasteiger partial charge in [-0.25, -0.2) is 0 Å². The fourth-order valence-corrected chi connectivity index (χ4v) is 7.46. The molecule has 0 N–H and O–H groups in total. The van der Waals surface area contributed by atoms with Crippen molar-refractivity contribution in [2.75, 3.05) is 39.4 Å². The largest absolute Gasteiger partial charge is 0.461 e. The molecule has 2 amide bonds. The molecule has 2 aliphatic heterocycles. The maximum absolute atomic E-state index is 13.9. The van der Waals surface area contributed by atoms with Gasteiger partial charge in [-0.2, -0.15) is 0 Å². The van der Waals surface area contributed by atoms with Gasteiger partial charge in [-0.05, 0) is 103 Å². The van der Waals surface area contributed by atoms with Gasteiger partial charge in [-0.3, -0.25) is 19.2 Å². The van der Waals surface area contributed by atoms with Crippen LogP contribution in [0, 0.1) is 10.8 Å². The fourth-order valence-electron chi connectivity index (χ4n) is 7.46. The van der Waals surface area contributed by atoms with E-state index in [9.17, 15) is 19.2 Å². The van der Waals surface area contributed by atoms with Crippen molar-refractivity contribution in [1.82, 2.24) is 9.80 Å². The van der Waals surface area contributed by atoms with Crippen molar-refractivity contribution in [2.45, 2.75) is 39.5 Å². The van der Waals surface area contributed by atoms with Crippen LogP contribution >= 0.6 is 0 Å². The van der Waals surface area contributed by atoms with Gasteiger partial charge in [0.15, 0.2) is 0 Å². The van der Waals surface area contributed by atoms with E-state index < -0.39 is 10.8 Å². The van der Waals surface area contributed by atoms with Gasteiger partial charge in [-0.15, -0.1) is 0 Å². The average Bonchev–Trinajstić information content (AvgIpc) is 3.18. The molecule has 2 saturated heterocycles. The van der Waals surface area contributed by atoms with Gasteiger partial charge in [-0.1, -0.05) is 79.9 Å². The lowest BCUT2D eigenvalue weighted by atomic mass is 9.81. The van der Waals surface area contributed by atoms with Gasteiger partial charge < -0.3 is 19.3 Å². The van der Waals surface area contributed by atoms with E-state index in [0.29, 0.717) is 50.1 Å². The Kier molecular flexibility index (Phi) is 10.7. The smallest absolute Gasteiger partial charge is 0.313 e. The van der Waals surface area contributed by atoms with Crippen molar-refractivity contribution in [3.63, 3.8) is 0 Å². The molecule has 0 radical (unpaired) electrons. The molecule has 268 valence electrons. The SMILES string of the molecule is C=CCOC(=O)C1(C)CCCN(C(=O)c2ccc(-c3cccc(-c4ccc5c(C(=O)N6CCCC(C)(C(=O)OCC=C)C6)cccc5c4)c3)cc2)C1. The molecule has 4 aromatic carbocycles. The molecule has 0 saturated carbocycles. The zero-order chi connectivity index (χ0) is 36.9. The molecule has 0 aliphatic carbocycles. The Hall–Kier alpha value is -5.50. The molecule has 8 heteroatoms. The quantitative estimate of drug-likeness (QED) is 0.123. The van der Waals surface area contributed by atoms with E-state index in [1.165, 1.54) is 0 Å². The Balaban J connectivity index is 1.17. The van der Waals surface area contributed by atoms with E-state index in [-0.39, 0.29) is 37.0 Å². The number of esters is 2. The van der Waals surface area contributed by atoms with Crippen molar-refractivity contribution in [1.29, 1.82) is 0 Å². The first kappa shape index (κ1) is 36.3. The lowest BCUT2D eigenvalue weighted by Gasteiger charge is -2.38. The minimum absolute atomic E-state index is 0.0925. The number of nitrogens with zero attached hydrogens (tertiary/aromatic N) is 2. The van der Waals surface area contributed by atoms with E-state index in [4.69, 9.17) is 9.47 Å². The highest BCUT2D eigenvalue weighted by molar-refractivity contribution is 6.08. The van der Waals surface area contributed by atoms with Gasteiger partial charge in [0.1, 0.15) is 13.2 Å². The molecule has 6 rings (SSSR count). The maximum Gasteiger partial charge on any atom is 0.313 e. The molecule has 2 aliphatic rings. The summed E-state index contributed by atoms with van der Waals surface area (Å²) < 4.78 is 10.7. The summed E-state index contributed by atoms with van der Waals surface area (Å²) in [4.78, 5) is 56.4. The zero-order valence-corrected chi connectivity index (χ0v) is 30.1. The number of benzene rings is 4.